The SMILES string of the molecule is CCNS(=O)(=O)NC(CC)C(N)=S. The molecule has 0 spiro atoms. The number of thiocarbonyl (C=S) groups is 1. The predicted molar refractivity (Wildman–Crippen MR) is 56.6 cm³/mol. The Bertz CT molecular complexity index is 263. The van der Waals surface area contributed by atoms with Crippen LogP contribution in [0.15, 0.2) is 0 Å². The van der Waals surface area contributed by atoms with Gasteiger partial charge in [-0.1, -0.05) is 26.1 Å². The zero-order valence-corrected chi connectivity index (χ0v) is 9.33. The highest BCUT2D eigenvalue weighted by atomic mass is 32.2. The molecule has 0 saturated carbocycles. The molecule has 0 radical (unpaired) electrons. The van der Waals surface area contributed by atoms with Gasteiger partial charge in [-0.3, -0.25) is 0 Å². The molecule has 1 atom stereocenters. The molecule has 7 heteroatoms. The molecule has 0 aliphatic heterocycles. The van der Waals surface area contributed by atoms with E-state index in [2.05, 4.69) is 9.44 Å². The number of nitrogens with two attached hydrogens (primary N) is 1. The summed E-state index contributed by atoms with van der Waals surface area (Å²) in [5.41, 5.74) is 5.33. The molecule has 0 amide bonds. The van der Waals surface area contributed by atoms with Crippen molar-refractivity contribution >= 4 is 27.4 Å². The van der Waals surface area contributed by atoms with Gasteiger partial charge in [0.25, 0.3) is 10.2 Å². The van der Waals surface area contributed by atoms with Crippen LogP contribution in [-0.4, -0.2) is 26.0 Å². The van der Waals surface area contributed by atoms with Crippen molar-refractivity contribution in [2.45, 2.75) is 26.3 Å². The maximum absolute atomic E-state index is 11.2. The van der Waals surface area contributed by atoms with Crippen LogP contribution in [0.1, 0.15) is 20.3 Å². The fraction of sp³-hybridized carbons (Fsp3) is 0.833. The van der Waals surface area contributed by atoms with Gasteiger partial charge in [0, 0.05) is 6.54 Å². The number of nitrogens with one attached hydrogen (secondary N) is 2. The van der Waals surface area contributed by atoms with E-state index in [9.17, 15) is 8.42 Å². The van der Waals surface area contributed by atoms with Crippen LogP contribution in [0.4, 0.5) is 0 Å². The Balaban J connectivity index is 4.31. The molecule has 0 aliphatic carbocycles. The van der Waals surface area contributed by atoms with Crippen LogP contribution in [0.2, 0.25) is 0 Å². The molecule has 0 fully saturated rings. The highest BCUT2D eigenvalue weighted by molar-refractivity contribution is 7.87. The fourth-order valence-corrected chi connectivity index (χ4v) is 2.19. The maximum Gasteiger partial charge on any atom is 0.277 e. The summed E-state index contributed by atoms with van der Waals surface area (Å²) in [5.74, 6) is 0. The molecule has 4 N–H and O–H groups in total. The molecule has 0 saturated heterocycles. The van der Waals surface area contributed by atoms with Gasteiger partial charge in [0.05, 0.1) is 11.0 Å². The van der Waals surface area contributed by atoms with E-state index < -0.39 is 16.3 Å². The van der Waals surface area contributed by atoms with E-state index in [0.717, 1.165) is 0 Å². The van der Waals surface area contributed by atoms with Crippen molar-refractivity contribution in [1.29, 1.82) is 0 Å². The minimum atomic E-state index is -3.46. The Morgan fingerprint density at radius 1 is 1.54 bits per heavy atom. The highest BCUT2D eigenvalue weighted by Crippen LogP contribution is 1.93. The molecule has 0 heterocycles. The first kappa shape index (κ1) is 12.8. The van der Waals surface area contributed by atoms with Crippen LogP contribution >= 0.6 is 12.2 Å². The van der Waals surface area contributed by atoms with Gasteiger partial charge in [0.1, 0.15) is 0 Å². The molecule has 0 aromatic heterocycles. The first-order chi connectivity index (χ1) is 5.93. The zero-order valence-electron chi connectivity index (χ0n) is 7.70. The number of hydrogen-bond donors (Lipinski definition) is 3. The Hall–Kier alpha value is -0.240. The van der Waals surface area contributed by atoms with Gasteiger partial charge in [0.15, 0.2) is 0 Å². The van der Waals surface area contributed by atoms with Crippen molar-refractivity contribution in [3.8, 4) is 0 Å². The van der Waals surface area contributed by atoms with Gasteiger partial charge in [-0.2, -0.15) is 13.1 Å². The molecule has 0 rings (SSSR count). The van der Waals surface area contributed by atoms with E-state index in [1.165, 1.54) is 0 Å². The maximum atomic E-state index is 11.2. The molecule has 0 aromatic carbocycles. The van der Waals surface area contributed by atoms with Gasteiger partial charge < -0.3 is 5.73 Å². The average Bonchev–Trinajstić information content (AvgIpc) is 1.99. The van der Waals surface area contributed by atoms with Crippen molar-refractivity contribution in [2.24, 2.45) is 5.73 Å². The Kier molecular flexibility index (Phi) is 5.38. The lowest BCUT2D eigenvalue weighted by Gasteiger charge is -2.15. The molecule has 5 nitrogen and oxygen atoms in total. The van der Waals surface area contributed by atoms with E-state index in [-0.39, 0.29) is 4.99 Å². The first-order valence-electron chi connectivity index (χ1n) is 3.99. The van der Waals surface area contributed by atoms with Crippen molar-refractivity contribution < 1.29 is 8.42 Å². The van der Waals surface area contributed by atoms with Crippen molar-refractivity contribution in [3.63, 3.8) is 0 Å². The zero-order chi connectivity index (χ0) is 10.5. The molecule has 0 bridgehead atoms. The summed E-state index contributed by atoms with van der Waals surface area (Å²) in [6, 6.07) is -0.473. The van der Waals surface area contributed by atoms with E-state index in [4.69, 9.17) is 18.0 Å². The quantitative estimate of drug-likeness (QED) is 0.532. The normalized spacial score (nSPS) is 14.0. The van der Waals surface area contributed by atoms with E-state index in [1.54, 1.807) is 13.8 Å². The second-order valence-electron chi connectivity index (χ2n) is 2.48. The molecule has 13 heavy (non-hydrogen) atoms. The Labute approximate surface area is 84.3 Å². The lowest BCUT2D eigenvalue weighted by Crippen LogP contribution is -2.47. The van der Waals surface area contributed by atoms with E-state index in [0.29, 0.717) is 13.0 Å². The third-order valence-electron chi connectivity index (χ3n) is 1.38. The summed E-state index contributed by atoms with van der Waals surface area (Å²) in [4.78, 5) is 0.156. The number of hydrogen-bond acceptors (Lipinski definition) is 3. The lowest BCUT2D eigenvalue weighted by atomic mass is 10.2. The Morgan fingerprint density at radius 2 is 2.08 bits per heavy atom. The molecule has 0 aromatic rings. The van der Waals surface area contributed by atoms with Crippen LogP contribution in [0, 0.1) is 0 Å². The summed E-state index contributed by atoms with van der Waals surface area (Å²) in [6.07, 6.45) is 0.542. The fourth-order valence-electron chi connectivity index (χ4n) is 0.762. The average molecular weight is 225 g/mol. The van der Waals surface area contributed by atoms with E-state index in [1.807, 2.05) is 0 Å². The molecule has 1 unspecified atom stereocenters. The monoisotopic (exact) mass is 225 g/mol. The highest BCUT2D eigenvalue weighted by Gasteiger charge is 2.16. The first-order valence-corrected chi connectivity index (χ1v) is 5.88. The summed E-state index contributed by atoms with van der Waals surface area (Å²) in [7, 11) is -3.46. The van der Waals surface area contributed by atoms with Crippen LogP contribution in [0.5, 0.6) is 0 Å². The summed E-state index contributed by atoms with van der Waals surface area (Å²) < 4.78 is 27.0. The number of rotatable bonds is 6. The largest absolute Gasteiger partial charge is 0.392 e. The molecule has 78 valence electrons. The van der Waals surface area contributed by atoms with Crippen LogP contribution in [-0.2, 0) is 10.2 Å². The van der Waals surface area contributed by atoms with Gasteiger partial charge in [-0.25, -0.2) is 4.72 Å². The minimum absolute atomic E-state index is 0.156. The predicted octanol–water partition coefficient (Wildman–Crippen LogP) is -0.505. The molecular weight excluding hydrogens is 210 g/mol. The van der Waals surface area contributed by atoms with Crippen molar-refractivity contribution in [1.82, 2.24) is 9.44 Å². The van der Waals surface area contributed by atoms with E-state index >= 15 is 0 Å². The third kappa shape index (κ3) is 5.14. The second kappa shape index (κ2) is 5.48. The van der Waals surface area contributed by atoms with Gasteiger partial charge in [0.2, 0.25) is 0 Å². The van der Waals surface area contributed by atoms with Crippen LogP contribution < -0.4 is 15.2 Å². The minimum Gasteiger partial charge on any atom is -0.392 e. The van der Waals surface area contributed by atoms with Gasteiger partial charge in [-0.05, 0) is 6.42 Å². The summed E-state index contributed by atoms with van der Waals surface area (Å²) in [6.45, 7) is 3.84. The van der Waals surface area contributed by atoms with Crippen LogP contribution in [0.3, 0.4) is 0 Å². The Morgan fingerprint density at radius 3 is 2.38 bits per heavy atom. The van der Waals surface area contributed by atoms with Crippen molar-refractivity contribution in [2.75, 3.05) is 6.54 Å². The topological polar surface area (TPSA) is 84.2 Å². The summed E-state index contributed by atoms with van der Waals surface area (Å²) in [5, 5.41) is 0. The smallest absolute Gasteiger partial charge is 0.277 e. The molecular formula is C6H15N3O2S2. The van der Waals surface area contributed by atoms with Gasteiger partial charge >= 0.3 is 0 Å². The summed E-state index contributed by atoms with van der Waals surface area (Å²) >= 11 is 4.69. The third-order valence-corrected chi connectivity index (χ3v) is 2.93. The van der Waals surface area contributed by atoms with Crippen LogP contribution in [0.25, 0.3) is 0 Å². The standard InChI is InChI=1S/C6H15N3O2S2/c1-3-5(6(7)12)9-13(10,11)8-4-2/h5,8-9H,3-4H2,1-2H3,(H2,7,12). The molecule has 0 aliphatic rings. The van der Waals surface area contributed by atoms with Crippen molar-refractivity contribution in [3.05, 3.63) is 0 Å². The second-order valence-corrected chi connectivity index (χ2v) is 4.49. The lowest BCUT2D eigenvalue weighted by molar-refractivity contribution is 0.560. The van der Waals surface area contributed by atoms with Gasteiger partial charge in [-0.15, -0.1) is 0 Å².